The zero-order chi connectivity index (χ0) is 14.5. The number of primary amides is 1. The molecule has 0 bridgehead atoms. The number of carbonyl (C=O) groups excluding carboxylic acids is 1. The van der Waals surface area contributed by atoms with Crippen molar-refractivity contribution in [2.24, 2.45) is 5.73 Å². The maximum atomic E-state index is 11.9. The number of benzene rings is 1. The van der Waals surface area contributed by atoms with Crippen LogP contribution in [-0.2, 0) is 14.8 Å². The topological polar surface area (TPSA) is 89.3 Å². The average Bonchev–Trinajstić information content (AvgIpc) is 2.31. The number of sulfonamides is 1. The van der Waals surface area contributed by atoms with E-state index in [1.54, 1.807) is 0 Å². The van der Waals surface area contributed by atoms with Crippen molar-refractivity contribution in [2.45, 2.75) is 24.2 Å². The van der Waals surface area contributed by atoms with E-state index in [9.17, 15) is 13.2 Å². The molecule has 0 heterocycles. The molecule has 0 radical (unpaired) electrons. The van der Waals surface area contributed by atoms with Crippen LogP contribution in [-0.4, -0.2) is 20.9 Å². The molecule has 0 unspecified atom stereocenters. The molecule has 1 aromatic carbocycles. The van der Waals surface area contributed by atoms with E-state index in [-0.39, 0.29) is 23.8 Å². The summed E-state index contributed by atoms with van der Waals surface area (Å²) >= 11 is 8.97. The zero-order valence-electron chi connectivity index (χ0n) is 10.0. The third-order valence-electron chi connectivity index (χ3n) is 2.34. The van der Waals surface area contributed by atoms with Crippen LogP contribution in [0.3, 0.4) is 0 Å². The quantitative estimate of drug-likeness (QED) is 0.721. The Morgan fingerprint density at radius 1 is 1.37 bits per heavy atom. The van der Waals surface area contributed by atoms with Crippen molar-refractivity contribution in [3.05, 3.63) is 27.7 Å². The number of hydrogen-bond acceptors (Lipinski definition) is 3. The summed E-state index contributed by atoms with van der Waals surface area (Å²) < 4.78 is 26.8. The maximum Gasteiger partial charge on any atom is 0.240 e. The summed E-state index contributed by atoms with van der Waals surface area (Å²) in [5.41, 5.74) is 4.99. The highest BCUT2D eigenvalue weighted by Crippen LogP contribution is 2.25. The minimum atomic E-state index is -3.56. The van der Waals surface area contributed by atoms with Gasteiger partial charge in [0, 0.05) is 17.4 Å². The van der Waals surface area contributed by atoms with E-state index in [4.69, 9.17) is 17.3 Å². The minimum Gasteiger partial charge on any atom is -0.370 e. The van der Waals surface area contributed by atoms with Gasteiger partial charge in [0.1, 0.15) is 0 Å². The number of hydrogen-bond donors (Lipinski definition) is 2. The van der Waals surface area contributed by atoms with Gasteiger partial charge in [-0.15, -0.1) is 0 Å². The number of nitrogens with one attached hydrogen (secondary N) is 1. The Labute approximate surface area is 125 Å². The molecule has 0 fully saturated rings. The molecule has 0 atom stereocenters. The van der Waals surface area contributed by atoms with Gasteiger partial charge in [0.25, 0.3) is 0 Å². The van der Waals surface area contributed by atoms with Gasteiger partial charge in [0.15, 0.2) is 0 Å². The SMILES string of the molecule is NC(=O)CCCCNS(=O)(=O)c1ccc(Cl)c(Br)c1. The fourth-order valence-corrected chi connectivity index (χ4v) is 3.11. The van der Waals surface area contributed by atoms with E-state index >= 15 is 0 Å². The number of carbonyl (C=O) groups is 1. The third-order valence-corrected chi connectivity index (χ3v) is 5.02. The van der Waals surface area contributed by atoms with Gasteiger partial charge in [-0.3, -0.25) is 4.79 Å². The molecule has 1 aromatic rings. The Morgan fingerprint density at radius 2 is 2.05 bits per heavy atom. The summed E-state index contributed by atoms with van der Waals surface area (Å²) in [6, 6.07) is 4.38. The first-order chi connectivity index (χ1) is 8.83. The normalized spacial score (nSPS) is 11.5. The predicted molar refractivity (Wildman–Crippen MR) is 77.4 cm³/mol. The third kappa shape index (κ3) is 5.48. The van der Waals surface area contributed by atoms with Crippen LogP contribution >= 0.6 is 27.5 Å². The predicted octanol–water partition coefficient (Wildman–Crippen LogP) is 2.04. The molecular formula is C11H14BrClN2O3S. The largest absolute Gasteiger partial charge is 0.370 e. The molecule has 1 rings (SSSR count). The van der Waals surface area contributed by atoms with E-state index in [1.807, 2.05) is 0 Å². The Balaban J connectivity index is 2.56. The highest BCUT2D eigenvalue weighted by molar-refractivity contribution is 9.10. The molecule has 8 heteroatoms. The molecule has 0 saturated heterocycles. The van der Waals surface area contributed by atoms with Crippen LogP contribution in [0.15, 0.2) is 27.6 Å². The van der Waals surface area contributed by atoms with E-state index < -0.39 is 10.0 Å². The lowest BCUT2D eigenvalue weighted by Crippen LogP contribution is -2.25. The van der Waals surface area contributed by atoms with Gasteiger partial charge in [0.2, 0.25) is 15.9 Å². The van der Waals surface area contributed by atoms with Crippen molar-refractivity contribution < 1.29 is 13.2 Å². The second kappa shape index (κ2) is 7.23. The second-order valence-corrected chi connectivity index (χ2v) is 6.93. The van der Waals surface area contributed by atoms with E-state index in [0.717, 1.165) is 0 Å². The lowest BCUT2D eigenvalue weighted by Gasteiger charge is -2.07. The van der Waals surface area contributed by atoms with Crippen LogP contribution in [0.2, 0.25) is 5.02 Å². The van der Waals surface area contributed by atoms with E-state index in [1.165, 1.54) is 18.2 Å². The molecule has 0 aliphatic heterocycles. The van der Waals surface area contributed by atoms with Gasteiger partial charge < -0.3 is 5.73 Å². The molecule has 0 aliphatic rings. The lowest BCUT2D eigenvalue weighted by molar-refractivity contribution is -0.118. The number of amides is 1. The van der Waals surface area contributed by atoms with Crippen molar-refractivity contribution in [2.75, 3.05) is 6.54 Å². The number of halogens is 2. The van der Waals surface area contributed by atoms with Crippen molar-refractivity contribution >= 4 is 43.5 Å². The summed E-state index contributed by atoms with van der Waals surface area (Å²) in [7, 11) is -3.56. The summed E-state index contributed by atoms with van der Waals surface area (Å²) in [6.45, 7) is 0.260. The van der Waals surface area contributed by atoms with Gasteiger partial charge in [-0.25, -0.2) is 13.1 Å². The lowest BCUT2D eigenvalue weighted by atomic mass is 10.2. The molecule has 0 aromatic heterocycles. The molecule has 106 valence electrons. The molecular weight excluding hydrogens is 356 g/mol. The fraction of sp³-hybridized carbons (Fsp3) is 0.364. The van der Waals surface area contributed by atoms with Crippen LogP contribution in [0.5, 0.6) is 0 Å². The Bertz CT molecular complexity index is 563. The second-order valence-electron chi connectivity index (χ2n) is 3.90. The Hall–Kier alpha value is -0.630. The maximum absolute atomic E-state index is 11.9. The van der Waals surface area contributed by atoms with Crippen molar-refractivity contribution in [1.29, 1.82) is 0 Å². The molecule has 19 heavy (non-hydrogen) atoms. The van der Waals surface area contributed by atoms with Gasteiger partial charge in [-0.05, 0) is 47.0 Å². The highest BCUT2D eigenvalue weighted by Gasteiger charge is 2.14. The summed E-state index contributed by atoms with van der Waals surface area (Å²) in [6.07, 6.45) is 1.37. The first-order valence-corrected chi connectivity index (χ1v) is 8.21. The first-order valence-electron chi connectivity index (χ1n) is 5.56. The number of unbranched alkanes of at least 4 members (excludes halogenated alkanes) is 1. The average molecular weight is 370 g/mol. The van der Waals surface area contributed by atoms with Crippen LogP contribution in [0.25, 0.3) is 0 Å². The molecule has 1 amide bonds. The van der Waals surface area contributed by atoms with Crippen molar-refractivity contribution in [3.63, 3.8) is 0 Å². The Morgan fingerprint density at radius 3 is 2.63 bits per heavy atom. The molecule has 5 nitrogen and oxygen atoms in total. The molecule has 3 N–H and O–H groups in total. The molecule has 0 saturated carbocycles. The first kappa shape index (κ1) is 16.4. The van der Waals surface area contributed by atoms with Crippen LogP contribution in [0.4, 0.5) is 0 Å². The fourth-order valence-electron chi connectivity index (χ4n) is 1.36. The highest BCUT2D eigenvalue weighted by atomic mass is 79.9. The standard InChI is InChI=1S/C11H14BrClN2O3S/c12-9-7-8(4-5-10(9)13)19(17,18)15-6-2-1-3-11(14)16/h4-5,7,15H,1-3,6H2,(H2,14,16). The zero-order valence-corrected chi connectivity index (χ0v) is 13.2. The van der Waals surface area contributed by atoms with Crippen LogP contribution < -0.4 is 10.5 Å². The smallest absolute Gasteiger partial charge is 0.240 e. The number of rotatable bonds is 7. The van der Waals surface area contributed by atoms with Crippen LogP contribution in [0.1, 0.15) is 19.3 Å². The van der Waals surface area contributed by atoms with E-state index in [0.29, 0.717) is 22.3 Å². The van der Waals surface area contributed by atoms with Crippen molar-refractivity contribution in [1.82, 2.24) is 4.72 Å². The van der Waals surface area contributed by atoms with E-state index in [2.05, 4.69) is 20.7 Å². The summed E-state index contributed by atoms with van der Waals surface area (Å²) in [5, 5.41) is 0.445. The summed E-state index contributed by atoms with van der Waals surface area (Å²) in [4.78, 5) is 10.7. The van der Waals surface area contributed by atoms with Crippen molar-refractivity contribution in [3.8, 4) is 0 Å². The number of nitrogens with two attached hydrogens (primary N) is 1. The molecule has 0 spiro atoms. The molecule has 0 aliphatic carbocycles. The minimum absolute atomic E-state index is 0.138. The summed E-state index contributed by atoms with van der Waals surface area (Å²) in [5.74, 6) is -0.385. The van der Waals surface area contributed by atoms with Gasteiger partial charge in [-0.1, -0.05) is 11.6 Å². The Kier molecular flexibility index (Phi) is 6.25. The van der Waals surface area contributed by atoms with Gasteiger partial charge in [0.05, 0.1) is 9.92 Å². The van der Waals surface area contributed by atoms with Gasteiger partial charge >= 0.3 is 0 Å². The monoisotopic (exact) mass is 368 g/mol. The van der Waals surface area contributed by atoms with Gasteiger partial charge in [-0.2, -0.15) is 0 Å². The van der Waals surface area contributed by atoms with Crippen LogP contribution in [0, 0.1) is 0 Å².